The smallest absolute Gasteiger partial charge is 0.416 e. The third-order valence-electron chi connectivity index (χ3n) is 8.18. The molecule has 268 valence electrons. The lowest BCUT2D eigenvalue weighted by atomic mass is 10.1. The van der Waals surface area contributed by atoms with Gasteiger partial charge in [-0.25, -0.2) is 22.2 Å². The van der Waals surface area contributed by atoms with Crippen LogP contribution in [0.4, 0.5) is 33.6 Å². The standard InChI is InChI=1S/C33H40F5N5O5S/c1-19(2)49(46,47)43(4)31-11-22(10-30(42-31)40-16-23-8-20(23)3)32(45)41-28(18-48-27-13-25(34)12-26(35)14-27)29(44)17-39-15-21-6-5-7-24(9-21)33(36,37)38/h5-7,9-14,19-20,23,28-29,39,44H,8,15-18H2,1-4H3,(H,40,42)(H,41,45)/t20-,23+,28-,29+/m0/s1. The molecule has 10 nitrogen and oxygen atoms in total. The van der Waals surface area contributed by atoms with Gasteiger partial charge >= 0.3 is 6.18 Å². The van der Waals surface area contributed by atoms with Gasteiger partial charge in [-0.2, -0.15) is 13.2 Å². The third-order valence-corrected chi connectivity index (χ3v) is 10.3. The average Bonchev–Trinajstić information content (AvgIpc) is 3.75. The molecule has 4 atom stereocenters. The molecule has 1 aliphatic rings. The van der Waals surface area contributed by atoms with Gasteiger partial charge in [0.25, 0.3) is 5.91 Å². The number of hydrogen-bond acceptors (Lipinski definition) is 8. The topological polar surface area (TPSA) is 133 Å². The van der Waals surface area contributed by atoms with Gasteiger partial charge in [0.1, 0.15) is 35.6 Å². The number of aliphatic hydroxyl groups is 1. The minimum Gasteiger partial charge on any atom is -0.491 e. The van der Waals surface area contributed by atoms with Gasteiger partial charge in [0.05, 0.1) is 23.0 Å². The maximum Gasteiger partial charge on any atom is 0.416 e. The number of sulfonamides is 1. The highest BCUT2D eigenvalue weighted by Crippen LogP contribution is 2.37. The Kier molecular flexibility index (Phi) is 12.1. The number of carbonyl (C=O) groups excluding carboxylic acids is 1. The number of aromatic nitrogens is 1. The molecular formula is C33H40F5N5O5S. The summed E-state index contributed by atoms with van der Waals surface area (Å²) >= 11 is 0. The number of halogens is 5. The second-order valence-corrected chi connectivity index (χ2v) is 14.9. The van der Waals surface area contributed by atoms with Crippen LogP contribution in [-0.4, -0.2) is 68.6 Å². The number of nitrogens with zero attached hydrogens (tertiary/aromatic N) is 2. The fraction of sp³-hybridized carbons (Fsp3) is 0.455. The zero-order valence-electron chi connectivity index (χ0n) is 27.4. The summed E-state index contributed by atoms with van der Waals surface area (Å²) in [4.78, 5) is 18.1. The maximum atomic E-state index is 13.8. The molecule has 1 saturated carbocycles. The molecule has 1 aromatic heterocycles. The second-order valence-electron chi connectivity index (χ2n) is 12.4. The number of anilines is 2. The largest absolute Gasteiger partial charge is 0.491 e. The number of pyridine rings is 1. The van der Waals surface area contributed by atoms with E-state index in [-0.39, 0.29) is 36.0 Å². The van der Waals surface area contributed by atoms with Crippen molar-refractivity contribution in [3.05, 3.63) is 82.9 Å². The highest BCUT2D eigenvalue weighted by molar-refractivity contribution is 7.93. The molecule has 49 heavy (non-hydrogen) atoms. The van der Waals surface area contributed by atoms with Crippen molar-refractivity contribution in [2.75, 3.05) is 36.4 Å². The molecule has 0 aliphatic heterocycles. The lowest BCUT2D eigenvalue weighted by molar-refractivity contribution is -0.137. The van der Waals surface area contributed by atoms with Crippen molar-refractivity contribution < 1.29 is 45.0 Å². The van der Waals surface area contributed by atoms with Crippen molar-refractivity contribution in [1.29, 1.82) is 0 Å². The Morgan fingerprint density at radius 2 is 1.78 bits per heavy atom. The quantitative estimate of drug-likeness (QED) is 0.154. The van der Waals surface area contributed by atoms with Crippen LogP contribution in [0, 0.1) is 23.5 Å². The highest BCUT2D eigenvalue weighted by atomic mass is 32.2. The molecule has 0 unspecified atom stereocenters. The first-order valence-electron chi connectivity index (χ1n) is 15.6. The van der Waals surface area contributed by atoms with Gasteiger partial charge < -0.3 is 25.8 Å². The van der Waals surface area contributed by atoms with Crippen LogP contribution in [0.1, 0.15) is 48.7 Å². The van der Waals surface area contributed by atoms with Crippen LogP contribution in [-0.2, 0) is 22.7 Å². The van der Waals surface area contributed by atoms with E-state index in [2.05, 4.69) is 27.9 Å². The summed E-state index contributed by atoms with van der Waals surface area (Å²) in [6, 6.07) is 8.60. The summed E-state index contributed by atoms with van der Waals surface area (Å²) in [6.07, 6.45) is -4.93. The molecule has 0 saturated heterocycles. The fourth-order valence-corrected chi connectivity index (χ4v) is 5.91. The number of aliphatic hydroxyl groups excluding tert-OH is 1. The van der Waals surface area contributed by atoms with E-state index in [1.807, 2.05) is 0 Å². The van der Waals surface area contributed by atoms with Gasteiger partial charge in [0.2, 0.25) is 10.0 Å². The molecular weight excluding hydrogens is 673 g/mol. The molecule has 16 heteroatoms. The molecule has 2 aromatic carbocycles. The van der Waals surface area contributed by atoms with Crippen LogP contribution in [0.15, 0.2) is 54.6 Å². The van der Waals surface area contributed by atoms with Crippen molar-refractivity contribution in [2.24, 2.45) is 11.8 Å². The predicted molar refractivity (Wildman–Crippen MR) is 175 cm³/mol. The molecule has 1 aliphatic carbocycles. The first-order chi connectivity index (χ1) is 22.9. The van der Waals surface area contributed by atoms with Crippen molar-refractivity contribution in [3.8, 4) is 5.75 Å². The molecule has 1 amide bonds. The van der Waals surface area contributed by atoms with Crippen LogP contribution in [0.25, 0.3) is 0 Å². The number of ether oxygens (including phenoxy) is 1. The van der Waals surface area contributed by atoms with Gasteiger partial charge in [-0.3, -0.25) is 9.10 Å². The Labute approximate surface area is 282 Å². The molecule has 4 N–H and O–H groups in total. The first kappa shape index (κ1) is 37.8. The second kappa shape index (κ2) is 15.7. The van der Waals surface area contributed by atoms with E-state index in [1.54, 1.807) is 0 Å². The Bertz CT molecular complexity index is 1710. The Hall–Kier alpha value is -4.02. The van der Waals surface area contributed by atoms with Gasteiger partial charge in [-0.1, -0.05) is 25.1 Å². The van der Waals surface area contributed by atoms with E-state index < -0.39 is 63.3 Å². The van der Waals surface area contributed by atoms with E-state index in [9.17, 15) is 40.3 Å². The van der Waals surface area contributed by atoms with E-state index in [0.29, 0.717) is 30.0 Å². The first-order valence-corrected chi connectivity index (χ1v) is 17.1. The molecule has 0 bridgehead atoms. The predicted octanol–water partition coefficient (Wildman–Crippen LogP) is 4.95. The molecule has 1 fully saturated rings. The lowest BCUT2D eigenvalue weighted by Gasteiger charge is -2.26. The summed E-state index contributed by atoms with van der Waals surface area (Å²) < 4.78 is 99.4. The van der Waals surface area contributed by atoms with Crippen molar-refractivity contribution in [3.63, 3.8) is 0 Å². The Balaban J connectivity index is 1.56. The molecule has 4 rings (SSSR count). The molecule has 0 spiro atoms. The average molecular weight is 714 g/mol. The van der Waals surface area contributed by atoms with Crippen molar-refractivity contribution in [1.82, 2.24) is 15.6 Å². The minimum atomic E-state index is -4.54. The number of nitrogens with one attached hydrogen (secondary N) is 3. The van der Waals surface area contributed by atoms with Crippen molar-refractivity contribution >= 4 is 27.6 Å². The van der Waals surface area contributed by atoms with E-state index in [4.69, 9.17) is 4.74 Å². The van der Waals surface area contributed by atoms with Gasteiger partial charge in [0, 0.05) is 50.4 Å². The Morgan fingerprint density at radius 3 is 2.39 bits per heavy atom. The van der Waals surface area contributed by atoms with E-state index >= 15 is 0 Å². The van der Waals surface area contributed by atoms with Crippen LogP contribution in [0.2, 0.25) is 0 Å². The number of alkyl halides is 3. The van der Waals surface area contributed by atoms with Crippen LogP contribution < -0.4 is 25.0 Å². The molecule has 0 radical (unpaired) electrons. The number of carbonyl (C=O) groups is 1. The zero-order chi connectivity index (χ0) is 36.1. The summed E-state index contributed by atoms with van der Waals surface area (Å²) in [5.74, 6) is -1.66. The number of rotatable bonds is 16. The fourth-order valence-electron chi connectivity index (χ4n) is 4.93. The molecule has 3 aromatic rings. The zero-order valence-corrected chi connectivity index (χ0v) is 28.2. The third kappa shape index (κ3) is 10.5. The van der Waals surface area contributed by atoms with Crippen LogP contribution in [0.5, 0.6) is 5.75 Å². The maximum absolute atomic E-state index is 13.8. The minimum absolute atomic E-state index is 0.00641. The normalized spacial score (nSPS) is 17.4. The molecule has 1 heterocycles. The summed E-state index contributed by atoms with van der Waals surface area (Å²) in [7, 11) is -2.50. The Morgan fingerprint density at radius 1 is 1.10 bits per heavy atom. The highest BCUT2D eigenvalue weighted by Gasteiger charge is 2.33. The van der Waals surface area contributed by atoms with Gasteiger partial charge in [-0.05, 0) is 55.9 Å². The van der Waals surface area contributed by atoms with Crippen LogP contribution in [0.3, 0.4) is 0 Å². The van der Waals surface area contributed by atoms with E-state index in [0.717, 1.165) is 35.0 Å². The number of benzene rings is 2. The number of hydrogen-bond donors (Lipinski definition) is 4. The summed E-state index contributed by atoms with van der Waals surface area (Å²) in [6.45, 7) is 4.91. The number of amides is 1. The summed E-state index contributed by atoms with van der Waals surface area (Å²) in [5, 5.41) is 19.0. The monoisotopic (exact) mass is 713 g/mol. The SMILES string of the molecule is CC(C)S(=O)(=O)N(C)c1cc(C(=O)N[C@@H](COc2cc(F)cc(F)c2)[C@H](O)CNCc2cccc(C(F)(F)F)c2)cc(NC[C@H]2C[C@@H]2C)n1. The lowest BCUT2D eigenvalue weighted by Crippen LogP contribution is -2.50. The van der Waals surface area contributed by atoms with Crippen molar-refractivity contribution in [2.45, 2.75) is 57.3 Å². The van der Waals surface area contributed by atoms with Crippen LogP contribution >= 0.6 is 0 Å². The van der Waals surface area contributed by atoms with Gasteiger partial charge in [0.15, 0.2) is 0 Å². The van der Waals surface area contributed by atoms with E-state index in [1.165, 1.54) is 45.2 Å². The summed E-state index contributed by atoms with van der Waals surface area (Å²) in [5.41, 5.74) is -0.551. The van der Waals surface area contributed by atoms with Gasteiger partial charge in [-0.15, -0.1) is 0 Å².